The smallest absolute Gasteiger partial charge is 0.416 e. The number of nitrogens with one attached hydrogen (secondary N) is 1. The van der Waals surface area contributed by atoms with Gasteiger partial charge in [-0.15, -0.1) is 0 Å². The lowest BCUT2D eigenvalue weighted by Gasteiger charge is -2.38. The van der Waals surface area contributed by atoms with Gasteiger partial charge in [-0.2, -0.15) is 23.7 Å². The van der Waals surface area contributed by atoms with Crippen molar-refractivity contribution in [3.63, 3.8) is 0 Å². The van der Waals surface area contributed by atoms with Gasteiger partial charge in [-0.25, -0.2) is 0 Å². The topological polar surface area (TPSA) is 134 Å². The molecule has 2 unspecified atom stereocenters. The predicted molar refractivity (Wildman–Crippen MR) is 120 cm³/mol. The molecule has 3 rings (SSSR count). The summed E-state index contributed by atoms with van der Waals surface area (Å²) in [4.78, 5) is 39.1. The minimum Gasteiger partial charge on any atom is -0.480 e. The molecule has 1 heterocycles. The zero-order chi connectivity index (χ0) is 26.8. The van der Waals surface area contributed by atoms with Gasteiger partial charge in [0, 0.05) is 17.3 Å². The van der Waals surface area contributed by atoms with Crippen molar-refractivity contribution >= 4 is 23.5 Å². The number of aliphatic carboxylic acids is 1. The van der Waals surface area contributed by atoms with Crippen LogP contribution in [0.2, 0.25) is 0 Å². The Morgan fingerprint density at radius 1 is 1.11 bits per heavy atom. The number of halogens is 3. The lowest BCUT2D eigenvalue weighted by atomic mass is 9.75. The molecule has 2 amide bonds. The second-order valence-corrected chi connectivity index (χ2v) is 8.09. The van der Waals surface area contributed by atoms with Crippen LogP contribution in [0.15, 0.2) is 59.8 Å². The third kappa shape index (κ3) is 4.91. The monoisotopic (exact) mass is 496 g/mol. The van der Waals surface area contributed by atoms with Crippen molar-refractivity contribution < 1.29 is 32.7 Å². The van der Waals surface area contributed by atoms with E-state index in [0.29, 0.717) is 5.56 Å². The molecule has 0 spiro atoms. The highest BCUT2D eigenvalue weighted by atomic mass is 19.4. The van der Waals surface area contributed by atoms with Crippen molar-refractivity contribution in [1.29, 1.82) is 10.5 Å². The van der Waals surface area contributed by atoms with E-state index < -0.39 is 47.4 Å². The molecule has 0 bridgehead atoms. The average molecular weight is 496 g/mol. The maximum Gasteiger partial charge on any atom is 0.416 e. The van der Waals surface area contributed by atoms with Crippen molar-refractivity contribution in [2.75, 3.05) is 4.90 Å². The normalized spacial score (nSPS) is 18.8. The van der Waals surface area contributed by atoms with Crippen LogP contribution in [0.4, 0.5) is 18.9 Å². The summed E-state index contributed by atoms with van der Waals surface area (Å²) in [5.74, 6) is -6.16. The Morgan fingerprint density at radius 3 is 2.28 bits per heavy atom. The highest BCUT2D eigenvalue weighted by Gasteiger charge is 2.47. The Hall–Kier alpha value is -4.64. The van der Waals surface area contributed by atoms with Crippen molar-refractivity contribution in [3.05, 3.63) is 76.5 Å². The molecule has 1 aliphatic heterocycles. The first-order chi connectivity index (χ1) is 16.9. The second-order valence-electron chi connectivity index (χ2n) is 8.09. The van der Waals surface area contributed by atoms with Crippen LogP contribution in [0, 0.1) is 28.6 Å². The molecule has 0 radical (unpaired) electrons. The molecule has 3 atom stereocenters. The number of rotatable bonds is 5. The van der Waals surface area contributed by atoms with Crippen LogP contribution < -0.4 is 10.2 Å². The Kier molecular flexibility index (Phi) is 7.16. The number of alkyl halides is 3. The summed E-state index contributed by atoms with van der Waals surface area (Å²) in [6.45, 7) is 2.56. The van der Waals surface area contributed by atoms with Gasteiger partial charge >= 0.3 is 12.1 Å². The van der Waals surface area contributed by atoms with Crippen molar-refractivity contribution in [3.8, 4) is 12.1 Å². The highest BCUT2D eigenvalue weighted by molar-refractivity contribution is 6.12. The van der Waals surface area contributed by atoms with Gasteiger partial charge in [-0.05, 0) is 49.7 Å². The molecular formula is C25H19F3N4O4. The summed E-state index contributed by atoms with van der Waals surface area (Å²) in [6, 6.07) is 12.2. The zero-order valence-corrected chi connectivity index (χ0v) is 19.0. The first-order valence-electron chi connectivity index (χ1n) is 10.6. The quantitative estimate of drug-likeness (QED) is 0.606. The number of carbonyl (C=O) groups excluding carboxylic acids is 2. The van der Waals surface area contributed by atoms with Crippen molar-refractivity contribution in [1.82, 2.24) is 5.32 Å². The van der Waals surface area contributed by atoms with Gasteiger partial charge in [0.05, 0.1) is 28.8 Å². The number of benzene rings is 2. The SMILES string of the molecule is CC1=C(C#N)C(c2ccc(C#N)cc2)C(C(=O)N[C@@H](C)C(=O)O)C(=O)N1c1cccc(C(F)(F)F)c1. The van der Waals surface area contributed by atoms with Crippen LogP contribution >= 0.6 is 0 Å². The maximum atomic E-state index is 13.7. The van der Waals surface area contributed by atoms with Gasteiger partial charge in [0.2, 0.25) is 11.8 Å². The van der Waals surface area contributed by atoms with Gasteiger partial charge in [0.1, 0.15) is 12.0 Å². The highest BCUT2D eigenvalue weighted by Crippen LogP contribution is 2.43. The number of hydrogen-bond donors (Lipinski definition) is 2. The number of carboxylic acids is 1. The molecule has 0 aromatic heterocycles. The summed E-state index contributed by atoms with van der Waals surface area (Å²) < 4.78 is 40.0. The predicted octanol–water partition coefficient (Wildman–Crippen LogP) is 3.71. The molecule has 8 nitrogen and oxygen atoms in total. The number of nitriles is 2. The molecule has 11 heteroatoms. The fourth-order valence-corrected chi connectivity index (χ4v) is 4.00. The van der Waals surface area contributed by atoms with E-state index in [4.69, 9.17) is 5.26 Å². The molecule has 184 valence electrons. The second kappa shape index (κ2) is 9.92. The first kappa shape index (κ1) is 26.0. The van der Waals surface area contributed by atoms with Gasteiger partial charge in [-0.1, -0.05) is 18.2 Å². The van der Waals surface area contributed by atoms with Crippen LogP contribution in [-0.2, 0) is 20.6 Å². The van der Waals surface area contributed by atoms with Crippen LogP contribution in [-0.4, -0.2) is 28.9 Å². The van der Waals surface area contributed by atoms with E-state index in [9.17, 15) is 37.9 Å². The molecule has 0 aliphatic carbocycles. The zero-order valence-electron chi connectivity index (χ0n) is 19.0. The minimum absolute atomic E-state index is 0.0199. The van der Waals surface area contributed by atoms with Crippen LogP contribution in [0.5, 0.6) is 0 Å². The van der Waals surface area contributed by atoms with Crippen LogP contribution in [0.3, 0.4) is 0 Å². The lowest BCUT2D eigenvalue weighted by molar-refractivity contribution is -0.143. The molecule has 2 aromatic carbocycles. The molecule has 0 saturated heterocycles. The fourth-order valence-electron chi connectivity index (χ4n) is 4.00. The summed E-state index contributed by atoms with van der Waals surface area (Å²) in [5, 5.41) is 30.5. The minimum atomic E-state index is -4.71. The summed E-state index contributed by atoms with van der Waals surface area (Å²) in [6.07, 6.45) is -4.71. The van der Waals surface area contributed by atoms with Crippen LogP contribution in [0.1, 0.15) is 36.5 Å². The van der Waals surface area contributed by atoms with E-state index in [1.54, 1.807) is 0 Å². The molecule has 2 N–H and O–H groups in total. The molecule has 1 aliphatic rings. The standard InChI is InChI=1S/C25H19F3N4O4/c1-13(24(35)36)31-22(33)21-20(16-8-6-15(11-29)7-9-16)19(12-30)14(2)32(23(21)34)18-5-3-4-17(10-18)25(26,27)28/h3-10,13,20-21H,1-2H3,(H,31,33)(H,35,36)/t13-,20?,21?/m0/s1. The Balaban J connectivity index is 2.23. The number of allylic oxidation sites excluding steroid dienone is 2. The third-order valence-corrected chi connectivity index (χ3v) is 5.82. The van der Waals surface area contributed by atoms with E-state index in [2.05, 4.69) is 5.32 Å². The van der Waals surface area contributed by atoms with E-state index in [0.717, 1.165) is 23.1 Å². The number of nitrogens with zero attached hydrogens (tertiary/aromatic N) is 3. The van der Waals surface area contributed by atoms with Gasteiger partial charge in [0.25, 0.3) is 0 Å². The molecule has 0 fully saturated rings. The lowest BCUT2D eigenvalue weighted by Crippen LogP contribution is -2.52. The molecular weight excluding hydrogens is 477 g/mol. The Bertz CT molecular complexity index is 1340. The van der Waals surface area contributed by atoms with E-state index >= 15 is 0 Å². The molecule has 36 heavy (non-hydrogen) atoms. The maximum absolute atomic E-state index is 13.7. The van der Waals surface area contributed by atoms with Crippen molar-refractivity contribution in [2.24, 2.45) is 5.92 Å². The number of anilines is 1. The Labute approximate surface area is 203 Å². The number of amides is 2. The Morgan fingerprint density at radius 2 is 1.75 bits per heavy atom. The van der Waals surface area contributed by atoms with Gasteiger partial charge in [-0.3, -0.25) is 19.3 Å². The number of carboxylic acid groups (broad SMARTS) is 1. The first-order valence-corrected chi connectivity index (χ1v) is 10.6. The molecule has 2 aromatic rings. The average Bonchev–Trinajstić information content (AvgIpc) is 2.83. The molecule has 0 saturated carbocycles. The number of carbonyl (C=O) groups is 3. The number of hydrogen-bond acceptors (Lipinski definition) is 5. The van der Waals surface area contributed by atoms with E-state index in [-0.39, 0.29) is 22.5 Å². The fraction of sp³-hybridized carbons (Fsp3) is 0.240. The summed E-state index contributed by atoms with van der Waals surface area (Å²) >= 11 is 0. The van der Waals surface area contributed by atoms with Crippen molar-refractivity contribution in [2.45, 2.75) is 32.0 Å². The van der Waals surface area contributed by atoms with Gasteiger partial charge < -0.3 is 10.4 Å². The van der Waals surface area contributed by atoms with Gasteiger partial charge in [0.15, 0.2) is 0 Å². The third-order valence-electron chi connectivity index (χ3n) is 5.82. The summed E-state index contributed by atoms with van der Waals surface area (Å²) in [7, 11) is 0. The largest absolute Gasteiger partial charge is 0.480 e. The summed E-state index contributed by atoms with van der Waals surface area (Å²) in [5.41, 5.74) is -0.682. The van der Waals surface area contributed by atoms with E-state index in [1.807, 2.05) is 12.1 Å². The van der Waals surface area contributed by atoms with Crippen LogP contribution in [0.25, 0.3) is 0 Å². The van der Waals surface area contributed by atoms with E-state index in [1.165, 1.54) is 44.2 Å².